The molecule has 2 aromatic carbocycles. The second-order valence-electron chi connectivity index (χ2n) is 8.58. The van der Waals surface area contributed by atoms with Crippen LogP contribution in [-0.2, 0) is 4.79 Å². The average molecular weight is 488 g/mol. The SMILES string of the molecule is Cc1ccc(Oc2ccc(Nc3ncnc4cccc(O[C@H](C)CN(C)C(=O)CO)c34)cc2C)cn1. The van der Waals surface area contributed by atoms with E-state index in [9.17, 15) is 4.79 Å². The number of rotatable bonds is 9. The number of aromatic nitrogens is 3. The number of pyridine rings is 1. The summed E-state index contributed by atoms with van der Waals surface area (Å²) in [5.74, 6) is 2.23. The molecule has 1 atom stereocenters. The summed E-state index contributed by atoms with van der Waals surface area (Å²) in [4.78, 5) is 26.3. The summed E-state index contributed by atoms with van der Waals surface area (Å²) in [6.45, 7) is 5.55. The fourth-order valence-corrected chi connectivity index (χ4v) is 3.75. The van der Waals surface area contributed by atoms with Crippen molar-refractivity contribution in [1.29, 1.82) is 0 Å². The molecule has 186 valence electrons. The van der Waals surface area contributed by atoms with Gasteiger partial charge in [0.05, 0.1) is 23.6 Å². The highest BCUT2D eigenvalue weighted by Crippen LogP contribution is 2.33. The van der Waals surface area contributed by atoms with Crippen molar-refractivity contribution in [2.75, 3.05) is 25.5 Å². The van der Waals surface area contributed by atoms with E-state index in [2.05, 4.69) is 20.3 Å². The van der Waals surface area contributed by atoms with E-state index in [4.69, 9.17) is 14.6 Å². The van der Waals surface area contributed by atoms with Crippen molar-refractivity contribution in [3.8, 4) is 17.2 Å². The molecule has 0 radical (unpaired) electrons. The zero-order valence-corrected chi connectivity index (χ0v) is 20.7. The normalized spacial score (nSPS) is 11.7. The molecule has 0 aliphatic heterocycles. The summed E-state index contributed by atoms with van der Waals surface area (Å²) < 4.78 is 12.1. The van der Waals surface area contributed by atoms with Gasteiger partial charge in [-0.1, -0.05) is 6.07 Å². The van der Waals surface area contributed by atoms with E-state index in [1.807, 2.05) is 69.3 Å². The van der Waals surface area contributed by atoms with Crippen molar-refractivity contribution in [2.45, 2.75) is 26.9 Å². The molecule has 2 aromatic heterocycles. The molecule has 1 amide bonds. The van der Waals surface area contributed by atoms with E-state index >= 15 is 0 Å². The first-order chi connectivity index (χ1) is 17.3. The lowest BCUT2D eigenvalue weighted by atomic mass is 10.1. The molecule has 4 rings (SSSR count). The van der Waals surface area contributed by atoms with Crippen molar-refractivity contribution in [3.63, 3.8) is 0 Å². The first kappa shape index (κ1) is 24.9. The number of aliphatic hydroxyl groups is 1. The lowest BCUT2D eigenvalue weighted by Gasteiger charge is -2.23. The van der Waals surface area contributed by atoms with Gasteiger partial charge in [-0.25, -0.2) is 9.97 Å². The molecule has 2 heterocycles. The minimum absolute atomic E-state index is 0.320. The van der Waals surface area contributed by atoms with E-state index in [1.54, 1.807) is 13.2 Å². The Balaban J connectivity index is 1.56. The van der Waals surface area contributed by atoms with Crippen LogP contribution in [0.4, 0.5) is 11.5 Å². The number of hydrogen-bond acceptors (Lipinski definition) is 8. The summed E-state index contributed by atoms with van der Waals surface area (Å²) in [5, 5.41) is 13.2. The summed E-state index contributed by atoms with van der Waals surface area (Å²) in [5.41, 5.74) is 3.43. The zero-order valence-electron chi connectivity index (χ0n) is 20.7. The number of likely N-dealkylation sites (N-methyl/N-ethyl adjacent to an activating group) is 1. The monoisotopic (exact) mass is 487 g/mol. The van der Waals surface area contributed by atoms with Crippen molar-refractivity contribution in [2.24, 2.45) is 0 Å². The summed E-state index contributed by atoms with van der Waals surface area (Å²) in [7, 11) is 1.63. The van der Waals surface area contributed by atoms with E-state index in [1.165, 1.54) is 11.2 Å². The fourth-order valence-electron chi connectivity index (χ4n) is 3.75. The molecule has 0 bridgehead atoms. The van der Waals surface area contributed by atoms with Crippen LogP contribution < -0.4 is 14.8 Å². The number of nitrogens with one attached hydrogen (secondary N) is 1. The van der Waals surface area contributed by atoms with Gasteiger partial charge < -0.3 is 24.8 Å². The highest BCUT2D eigenvalue weighted by atomic mass is 16.5. The molecule has 9 nitrogen and oxygen atoms in total. The van der Waals surface area contributed by atoms with Crippen LogP contribution in [0, 0.1) is 13.8 Å². The summed E-state index contributed by atoms with van der Waals surface area (Å²) in [6.07, 6.45) is 2.88. The Hall–Kier alpha value is -4.24. The standard InChI is InChI=1S/C27H29N5O4/c1-17-12-20(9-11-23(17)36-21-10-8-18(2)28-13-21)31-27-26-22(29-16-30-27)6-5-7-24(26)35-19(3)14-32(4)25(34)15-33/h5-13,16,19,33H,14-15H2,1-4H3,(H,29,30,31)/t19-/m1/s1. The van der Waals surface area contributed by atoms with Crippen LogP contribution >= 0.6 is 0 Å². The number of amides is 1. The Labute approximate surface area is 209 Å². The molecule has 9 heteroatoms. The van der Waals surface area contributed by atoms with Gasteiger partial charge in [-0.15, -0.1) is 0 Å². The molecule has 2 N–H and O–H groups in total. The molecule has 0 aliphatic rings. The molecular weight excluding hydrogens is 458 g/mol. The van der Waals surface area contributed by atoms with Crippen LogP contribution in [0.1, 0.15) is 18.2 Å². The van der Waals surface area contributed by atoms with E-state index in [0.29, 0.717) is 23.9 Å². The Morgan fingerprint density at radius 1 is 1.08 bits per heavy atom. The number of benzene rings is 2. The van der Waals surface area contributed by atoms with Crippen molar-refractivity contribution in [1.82, 2.24) is 19.9 Å². The molecule has 0 saturated heterocycles. The van der Waals surface area contributed by atoms with Crippen LogP contribution in [0.3, 0.4) is 0 Å². The van der Waals surface area contributed by atoms with Crippen LogP contribution in [0.15, 0.2) is 61.1 Å². The third-order valence-electron chi connectivity index (χ3n) is 5.59. The highest BCUT2D eigenvalue weighted by molar-refractivity contribution is 5.95. The van der Waals surface area contributed by atoms with Crippen molar-refractivity contribution < 1.29 is 19.4 Å². The number of hydrogen-bond donors (Lipinski definition) is 2. The average Bonchev–Trinajstić information content (AvgIpc) is 2.86. The predicted octanol–water partition coefficient (Wildman–Crippen LogP) is 4.40. The largest absolute Gasteiger partial charge is 0.488 e. The topological polar surface area (TPSA) is 110 Å². The third kappa shape index (κ3) is 5.87. The Bertz CT molecular complexity index is 1360. The molecule has 0 saturated carbocycles. The van der Waals surface area contributed by atoms with Crippen molar-refractivity contribution in [3.05, 3.63) is 72.3 Å². The van der Waals surface area contributed by atoms with E-state index in [-0.39, 0.29) is 12.0 Å². The van der Waals surface area contributed by atoms with Crippen LogP contribution in [0.2, 0.25) is 0 Å². The molecular formula is C27H29N5O4. The first-order valence-electron chi connectivity index (χ1n) is 11.6. The number of ether oxygens (including phenoxy) is 2. The van der Waals surface area contributed by atoms with Gasteiger partial charge in [0.15, 0.2) is 0 Å². The number of carbonyl (C=O) groups excluding carboxylic acids is 1. The van der Waals surface area contributed by atoms with Gasteiger partial charge in [-0.05, 0) is 68.8 Å². The minimum atomic E-state index is -0.537. The molecule has 0 spiro atoms. The molecule has 4 aromatic rings. The molecule has 36 heavy (non-hydrogen) atoms. The number of aryl methyl sites for hydroxylation is 2. The minimum Gasteiger partial charge on any atom is -0.488 e. The Morgan fingerprint density at radius 2 is 1.92 bits per heavy atom. The van der Waals surface area contributed by atoms with E-state index < -0.39 is 6.61 Å². The molecule has 0 unspecified atom stereocenters. The van der Waals surface area contributed by atoms with Gasteiger partial charge in [0, 0.05) is 18.4 Å². The van der Waals surface area contributed by atoms with Crippen LogP contribution in [0.25, 0.3) is 10.9 Å². The van der Waals surface area contributed by atoms with Crippen LogP contribution in [0.5, 0.6) is 17.2 Å². The van der Waals surface area contributed by atoms with Gasteiger partial charge >= 0.3 is 0 Å². The zero-order chi connectivity index (χ0) is 25.7. The van der Waals surface area contributed by atoms with E-state index in [0.717, 1.165) is 33.6 Å². The second kappa shape index (κ2) is 11.0. The lowest BCUT2D eigenvalue weighted by Crippen LogP contribution is -2.37. The quantitative estimate of drug-likeness (QED) is 0.358. The Morgan fingerprint density at radius 3 is 2.64 bits per heavy atom. The summed E-state index contributed by atoms with van der Waals surface area (Å²) in [6, 6.07) is 15.2. The number of anilines is 2. The predicted molar refractivity (Wildman–Crippen MR) is 138 cm³/mol. The van der Waals surface area contributed by atoms with Crippen molar-refractivity contribution >= 4 is 28.3 Å². The summed E-state index contributed by atoms with van der Waals surface area (Å²) >= 11 is 0. The van der Waals surface area contributed by atoms with Gasteiger partial charge in [-0.2, -0.15) is 0 Å². The van der Waals surface area contributed by atoms with Gasteiger partial charge in [0.25, 0.3) is 0 Å². The lowest BCUT2D eigenvalue weighted by molar-refractivity contribution is -0.133. The maximum atomic E-state index is 11.7. The number of fused-ring (bicyclic) bond motifs is 1. The van der Waals surface area contributed by atoms with Gasteiger partial charge in [-0.3, -0.25) is 9.78 Å². The number of nitrogens with zero attached hydrogens (tertiary/aromatic N) is 4. The second-order valence-corrected chi connectivity index (χ2v) is 8.58. The highest BCUT2D eigenvalue weighted by Gasteiger charge is 2.16. The Kier molecular flexibility index (Phi) is 7.60. The molecule has 0 fully saturated rings. The smallest absolute Gasteiger partial charge is 0.248 e. The maximum Gasteiger partial charge on any atom is 0.248 e. The molecule has 0 aliphatic carbocycles. The van der Waals surface area contributed by atoms with Crippen LogP contribution in [-0.4, -0.2) is 57.2 Å². The third-order valence-corrected chi connectivity index (χ3v) is 5.59. The van der Waals surface area contributed by atoms with Gasteiger partial charge in [0.2, 0.25) is 5.91 Å². The first-order valence-corrected chi connectivity index (χ1v) is 11.6. The maximum absolute atomic E-state index is 11.7. The number of carbonyl (C=O) groups is 1. The van der Waals surface area contributed by atoms with Gasteiger partial charge in [0.1, 0.15) is 42.1 Å². The fraction of sp³-hybridized carbons (Fsp3) is 0.259. The number of aliphatic hydroxyl groups excluding tert-OH is 1.